The Morgan fingerprint density at radius 1 is 1.44 bits per heavy atom. The molecule has 0 aliphatic carbocycles. The molecule has 0 amide bonds. The van der Waals surface area contributed by atoms with Crippen molar-refractivity contribution >= 4 is 0 Å². The highest BCUT2D eigenvalue weighted by atomic mass is 16.5. The van der Waals surface area contributed by atoms with Crippen LogP contribution >= 0.6 is 0 Å². The predicted molar refractivity (Wildman–Crippen MR) is 70.6 cm³/mol. The van der Waals surface area contributed by atoms with Crippen LogP contribution in [0.15, 0.2) is 24.5 Å². The minimum absolute atomic E-state index is 0.782. The average molecular weight is 243 g/mol. The summed E-state index contributed by atoms with van der Waals surface area (Å²) in [7, 11) is 3.97. The van der Waals surface area contributed by atoms with Crippen LogP contribution in [0.5, 0.6) is 5.75 Å². The molecule has 0 bridgehead atoms. The van der Waals surface area contributed by atoms with E-state index in [2.05, 4.69) is 33.1 Å². The highest BCUT2D eigenvalue weighted by Crippen LogP contribution is 2.31. The minimum atomic E-state index is 0.782. The molecule has 1 N–H and O–H groups in total. The molecular weight excluding hydrogens is 226 g/mol. The molecule has 0 atom stereocenters. The zero-order chi connectivity index (χ0) is 12.5. The van der Waals surface area contributed by atoms with Crippen LogP contribution in [-0.4, -0.2) is 23.2 Å². The van der Waals surface area contributed by atoms with Crippen LogP contribution < -0.4 is 10.1 Å². The maximum Gasteiger partial charge on any atom is 0.122 e. The predicted octanol–water partition coefficient (Wildman–Crippen LogP) is 1.74. The Hall–Kier alpha value is -1.81. The quantitative estimate of drug-likeness (QED) is 0.892. The number of hydrogen-bond acceptors (Lipinski definition) is 3. The van der Waals surface area contributed by atoms with E-state index in [0.29, 0.717) is 0 Å². The Kier molecular flexibility index (Phi) is 2.80. The normalized spacial score (nSPS) is 13.4. The van der Waals surface area contributed by atoms with E-state index in [-0.39, 0.29) is 0 Å². The maximum absolute atomic E-state index is 5.54. The molecule has 1 aliphatic heterocycles. The summed E-state index contributed by atoms with van der Waals surface area (Å²) in [4.78, 5) is 4.44. The minimum Gasteiger partial charge on any atom is -0.493 e. The van der Waals surface area contributed by atoms with Crippen molar-refractivity contribution in [1.29, 1.82) is 0 Å². The molecule has 0 radical (unpaired) electrons. The molecule has 0 spiro atoms. The third kappa shape index (κ3) is 1.78. The van der Waals surface area contributed by atoms with Gasteiger partial charge in [0.1, 0.15) is 5.75 Å². The summed E-state index contributed by atoms with van der Waals surface area (Å²) in [5, 5.41) is 3.16. The first-order valence-electron chi connectivity index (χ1n) is 6.20. The molecule has 0 saturated heterocycles. The molecule has 0 saturated carbocycles. The van der Waals surface area contributed by atoms with Gasteiger partial charge in [-0.3, -0.25) is 0 Å². The van der Waals surface area contributed by atoms with E-state index in [1.807, 2.05) is 20.4 Å². The molecule has 4 nitrogen and oxygen atoms in total. The summed E-state index contributed by atoms with van der Waals surface area (Å²) >= 11 is 0. The van der Waals surface area contributed by atoms with E-state index >= 15 is 0 Å². The van der Waals surface area contributed by atoms with Crippen LogP contribution in [0.1, 0.15) is 11.3 Å². The molecule has 0 fully saturated rings. The molecule has 1 aliphatic rings. The number of rotatable bonds is 3. The number of nitrogens with one attached hydrogen (secondary N) is 1. The molecule has 2 aromatic rings. The lowest BCUT2D eigenvalue weighted by atomic mass is 10.0. The number of fused-ring (bicyclic) bond motifs is 1. The van der Waals surface area contributed by atoms with Gasteiger partial charge in [0, 0.05) is 25.6 Å². The van der Waals surface area contributed by atoms with Crippen LogP contribution in [0.25, 0.3) is 11.3 Å². The Bertz CT molecular complexity index is 574. The largest absolute Gasteiger partial charge is 0.493 e. The highest BCUT2D eigenvalue weighted by Gasteiger charge is 2.16. The number of imidazole rings is 1. The van der Waals surface area contributed by atoms with Gasteiger partial charge >= 0.3 is 0 Å². The van der Waals surface area contributed by atoms with Crippen molar-refractivity contribution in [2.24, 2.45) is 7.05 Å². The summed E-state index contributed by atoms with van der Waals surface area (Å²) in [5.41, 5.74) is 4.77. The molecular formula is C14H17N3O. The number of hydrogen-bond donors (Lipinski definition) is 1. The van der Waals surface area contributed by atoms with Gasteiger partial charge in [0.15, 0.2) is 0 Å². The Labute approximate surface area is 107 Å². The van der Waals surface area contributed by atoms with Crippen molar-refractivity contribution < 1.29 is 4.74 Å². The lowest BCUT2D eigenvalue weighted by Crippen LogP contribution is -2.07. The zero-order valence-corrected chi connectivity index (χ0v) is 10.7. The standard InChI is InChI=1S/C14H17N3O/c1-15-8-12-14(17(2)9-16-12)11-3-4-13-10(7-11)5-6-18-13/h3-4,7,9,15H,5-6,8H2,1-2H3. The second kappa shape index (κ2) is 4.46. The summed E-state index contributed by atoms with van der Waals surface area (Å²) in [5.74, 6) is 1.02. The van der Waals surface area contributed by atoms with Gasteiger partial charge in [-0.25, -0.2) is 4.98 Å². The van der Waals surface area contributed by atoms with Gasteiger partial charge in [-0.15, -0.1) is 0 Å². The van der Waals surface area contributed by atoms with E-state index in [4.69, 9.17) is 4.74 Å². The van der Waals surface area contributed by atoms with E-state index in [9.17, 15) is 0 Å². The third-order valence-corrected chi connectivity index (χ3v) is 3.32. The van der Waals surface area contributed by atoms with Gasteiger partial charge < -0.3 is 14.6 Å². The molecule has 1 aromatic carbocycles. The zero-order valence-electron chi connectivity index (χ0n) is 10.7. The average Bonchev–Trinajstić information content (AvgIpc) is 2.96. The van der Waals surface area contributed by atoms with Crippen LogP contribution in [0, 0.1) is 0 Å². The van der Waals surface area contributed by atoms with Crippen LogP contribution in [0.3, 0.4) is 0 Å². The third-order valence-electron chi connectivity index (χ3n) is 3.32. The first kappa shape index (κ1) is 11.3. The summed E-state index contributed by atoms with van der Waals surface area (Å²) in [6, 6.07) is 6.40. The molecule has 2 heterocycles. The van der Waals surface area contributed by atoms with Crippen LogP contribution in [0.2, 0.25) is 0 Å². The van der Waals surface area contributed by atoms with Crippen molar-refractivity contribution in [3.63, 3.8) is 0 Å². The van der Waals surface area contributed by atoms with Gasteiger partial charge in [0.25, 0.3) is 0 Å². The van der Waals surface area contributed by atoms with Crippen molar-refractivity contribution in [2.75, 3.05) is 13.7 Å². The highest BCUT2D eigenvalue weighted by molar-refractivity contribution is 5.65. The molecule has 3 rings (SSSR count). The van der Waals surface area contributed by atoms with E-state index in [1.54, 1.807) is 0 Å². The lowest BCUT2D eigenvalue weighted by molar-refractivity contribution is 0.357. The topological polar surface area (TPSA) is 39.1 Å². The van der Waals surface area contributed by atoms with Crippen molar-refractivity contribution in [3.05, 3.63) is 35.8 Å². The van der Waals surface area contributed by atoms with E-state index in [1.165, 1.54) is 16.8 Å². The Morgan fingerprint density at radius 2 is 2.33 bits per heavy atom. The lowest BCUT2D eigenvalue weighted by Gasteiger charge is -2.08. The number of aryl methyl sites for hydroxylation is 1. The van der Waals surface area contributed by atoms with Gasteiger partial charge in [-0.2, -0.15) is 0 Å². The van der Waals surface area contributed by atoms with E-state index < -0.39 is 0 Å². The summed E-state index contributed by atoms with van der Waals surface area (Å²) < 4.78 is 7.62. The first-order valence-corrected chi connectivity index (χ1v) is 6.20. The number of ether oxygens (including phenoxy) is 1. The fraction of sp³-hybridized carbons (Fsp3) is 0.357. The van der Waals surface area contributed by atoms with E-state index in [0.717, 1.165) is 31.0 Å². The van der Waals surface area contributed by atoms with Crippen LogP contribution in [-0.2, 0) is 20.0 Å². The Morgan fingerprint density at radius 3 is 3.17 bits per heavy atom. The second-order valence-electron chi connectivity index (χ2n) is 4.60. The second-order valence-corrected chi connectivity index (χ2v) is 4.60. The monoisotopic (exact) mass is 243 g/mol. The molecule has 0 unspecified atom stereocenters. The smallest absolute Gasteiger partial charge is 0.122 e. The van der Waals surface area contributed by atoms with Crippen LogP contribution in [0.4, 0.5) is 0 Å². The number of aromatic nitrogens is 2. The number of nitrogens with zero attached hydrogens (tertiary/aromatic N) is 2. The van der Waals surface area contributed by atoms with Crippen molar-refractivity contribution in [3.8, 4) is 17.0 Å². The fourth-order valence-electron chi connectivity index (χ4n) is 2.48. The molecule has 1 aromatic heterocycles. The van der Waals surface area contributed by atoms with Gasteiger partial charge in [-0.1, -0.05) is 0 Å². The van der Waals surface area contributed by atoms with Gasteiger partial charge in [0.05, 0.1) is 24.3 Å². The SMILES string of the molecule is CNCc1ncn(C)c1-c1ccc2c(c1)CCO2. The molecule has 18 heavy (non-hydrogen) atoms. The molecule has 94 valence electrons. The summed E-state index contributed by atoms with van der Waals surface area (Å²) in [6.45, 7) is 1.58. The van der Waals surface area contributed by atoms with Crippen molar-refractivity contribution in [2.45, 2.75) is 13.0 Å². The maximum atomic E-state index is 5.54. The Balaban J connectivity index is 2.06. The first-order chi connectivity index (χ1) is 8.79. The van der Waals surface area contributed by atoms with Crippen molar-refractivity contribution in [1.82, 2.24) is 14.9 Å². The van der Waals surface area contributed by atoms with Gasteiger partial charge in [-0.05, 0) is 30.8 Å². The van der Waals surface area contributed by atoms with Gasteiger partial charge in [0.2, 0.25) is 0 Å². The fourth-order valence-corrected chi connectivity index (χ4v) is 2.48. The number of benzene rings is 1. The summed E-state index contributed by atoms with van der Waals surface area (Å²) in [6.07, 6.45) is 2.87. The molecule has 4 heteroatoms.